The van der Waals surface area contributed by atoms with Gasteiger partial charge in [-0.1, -0.05) is 48.0 Å². The molecular formula is C28H27N3O4. The molecule has 0 saturated carbocycles. The maximum atomic E-state index is 13.7. The second-order valence-corrected chi connectivity index (χ2v) is 8.84. The van der Waals surface area contributed by atoms with Crippen LogP contribution in [0.3, 0.4) is 0 Å². The molecule has 0 atom stereocenters. The number of aryl methyl sites for hydroxylation is 3. The summed E-state index contributed by atoms with van der Waals surface area (Å²) >= 11 is 0. The number of nitrogens with zero attached hydrogens (tertiary/aromatic N) is 2. The minimum Gasteiger partial charge on any atom is -0.493 e. The van der Waals surface area contributed by atoms with Crippen LogP contribution in [0.1, 0.15) is 27.8 Å². The van der Waals surface area contributed by atoms with Crippen molar-refractivity contribution in [1.82, 2.24) is 9.36 Å². The zero-order valence-corrected chi connectivity index (χ0v) is 20.2. The molecule has 2 heterocycles. The predicted molar refractivity (Wildman–Crippen MR) is 135 cm³/mol. The third-order valence-electron chi connectivity index (χ3n) is 6.32. The quantitative estimate of drug-likeness (QED) is 0.397. The Morgan fingerprint density at radius 3 is 2.57 bits per heavy atom. The molecule has 7 nitrogen and oxygen atoms in total. The summed E-state index contributed by atoms with van der Waals surface area (Å²) in [6.07, 6.45) is 0.387. The van der Waals surface area contributed by atoms with E-state index in [9.17, 15) is 9.59 Å². The Balaban J connectivity index is 1.64. The molecule has 1 amide bonds. The van der Waals surface area contributed by atoms with Crippen molar-refractivity contribution in [2.24, 2.45) is 0 Å². The second kappa shape index (κ2) is 8.83. The van der Waals surface area contributed by atoms with Gasteiger partial charge < -0.3 is 14.8 Å². The Hall–Kier alpha value is -4.26. The van der Waals surface area contributed by atoms with Gasteiger partial charge in [0.05, 0.1) is 18.4 Å². The fourth-order valence-electron chi connectivity index (χ4n) is 4.57. The van der Waals surface area contributed by atoms with Crippen molar-refractivity contribution in [2.75, 3.05) is 12.4 Å². The summed E-state index contributed by atoms with van der Waals surface area (Å²) in [7, 11) is 1.58. The third-order valence-corrected chi connectivity index (χ3v) is 6.32. The summed E-state index contributed by atoms with van der Waals surface area (Å²) in [6.45, 7) is 5.80. The fourth-order valence-corrected chi connectivity index (χ4v) is 4.57. The molecule has 1 aliphatic rings. The number of benzene rings is 3. The number of ether oxygens (including phenoxy) is 2. The molecule has 178 valence electrons. The van der Waals surface area contributed by atoms with E-state index < -0.39 is 0 Å². The van der Waals surface area contributed by atoms with Crippen molar-refractivity contribution >= 4 is 11.6 Å². The Labute approximate surface area is 203 Å². The van der Waals surface area contributed by atoms with Gasteiger partial charge in [0.25, 0.3) is 5.56 Å². The van der Waals surface area contributed by atoms with Gasteiger partial charge in [0.15, 0.2) is 11.5 Å². The van der Waals surface area contributed by atoms with Crippen LogP contribution in [0.15, 0.2) is 65.5 Å². The minimum atomic E-state index is -0.259. The van der Waals surface area contributed by atoms with E-state index in [4.69, 9.17) is 9.47 Å². The number of carbonyl (C=O) groups is 1. The molecule has 4 aromatic rings. The summed E-state index contributed by atoms with van der Waals surface area (Å²) < 4.78 is 15.0. The topological polar surface area (TPSA) is 74.5 Å². The highest BCUT2D eigenvalue weighted by Crippen LogP contribution is 2.42. The highest BCUT2D eigenvalue weighted by molar-refractivity contribution is 5.91. The number of amides is 1. The van der Waals surface area contributed by atoms with Crippen LogP contribution >= 0.6 is 0 Å². The third kappa shape index (κ3) is 3.99. The molecule has 5 rings (SSSR count). The van der Waals surface area contributed by atoms with E-state index in [0.29, 0.717) is 35.1 Å². The van der Waals surface area contributed by atoms with Crippen molar-refractivity contribution in [1.29, 1.82) is 0 Å². The van der Waals surface area contributed by atoms with Gasteiger partial charge in [-0.3, -0.25) is 9.59 Å². The maximum Gasteiger partial charge on any atom is 0.278 e. The first-order chi connectivity index (χ1) is 16.9. The molecule has 0 fully saturated rings. The highest BCUT2D eigenvalue weighted by atomic mass is 16.5. The Kier molecular flexibility index (Phi) is 5.68. The number of hydrogen-bond donors (Lipinski definition) is 1. The van der Waals surface area contributed by atoms with Gasteiger partial charge in [-0.25, -0.2) is 9.36 Å². The highest BCUT2D eigenvalue weighted by Gasteiger charge is 2.31. The van der Waals surface area contributed by atoms with Crippen molar-refractivity contribution in [3.8, 4) is 23.1 Å². The Morgan fingerprint density at radius 1 is 1.03 bits per heavy atom. The van der Waals surface area contributed by atoms with Gasteiger partial charge >= 0.3 is 0 Å². The molecule has 1 aromatic heterocycles. The number of nitrogens with one attached hydrogen (secondary N) is 1. The predicted octanol–water partition coefficient (Wildman–Crippen LogP) is 4.91. The van der Waals surface area contributed by atoms with E-state index in [0.717, 1.165) is 27.9 Å². The van der Waals surface area contributed by atoms with E-state index in [-0.39, 0.29) is 18.0 Å². The first kappa shape index (κ1) is 22.5. The summed E-state index contributed by atoms with van der Waals surface area (Å²) in [5, 5.41) is 2.96. The number of fused-ring (bicyclic) bond motifs is 2. The average molecular weight is 470 g/mol. The summed E-state index contributed by atoms with van der Waals surface area (Å²) in [6, 6.07) is 19.1. The Bertz CT molecular complexity index is 1510. The second-order valence-electron chi connectivity index (χ2n) is 8.84. The van der Waals surface area contributed by atoms with Crippen LogP contribution in [0.4, 0.5) is 5.69 Å². The molecule has 0 radical (unpaired) electrons. The lowest BCUT2D eigenvalue weighted by molar-refractivity contribution is -0.117. The summed E-state index contributed by atoms with van der Waals surface area (Å²) in [5.74, 6) is 1.24. The number of rotatable bonds is 5. The molecule has 0 unspecified atom stereocenters. The van der Waals surface area contributed by atoms with Gasteiger partial charge in [0.2, 0.25) is 11.8 Å². The van der Waals surface area contributed by atoms with Crippen molar-refractivity contribution in [3.63, 3.8) is 0 Å². The minimum absolute atomic E-state index is 0.100. The Morgan fingerprint density at radius 2 is 1.83 bits per heavy atom. The molecule has 0 bridgehead atoms. The van der Waals surface area contributed by atoms with Crippen molar-refractivity contribution < 1.29 is 14.3 Å². The largest absolute Gasteiger partial charge is 0.493 e. The van der Waals surface area contributed by atoms with Crippen LogP contribution in [-0.2, 0) is 17.8 Å². The molecule has 0 saturated heterocycles. The first-order valence-electron chi connectivity index (χ1n) is 11.5. The van der Waals surface area contributed by atoms with Gasteiger partial charge in [0, 0.05) is 17.7 Å². The molecule has 1 N–H and O–H groups in total. The molecule has 0 spiro atoms. The van der Waals surface area contributed by atoms with E-state index >= 15 is 0 Å². The zero-order chi connectivity index (χ0) is 24.7. The molecule has 1 aliphatic heterocycles. The number of anilines is 1. The van der Waals surface area contributed by atoms with Gasteiger partial charge in [-0.15, -0.1) is 0 Å². The number of methoxy groups -OCH3 is 1. The first-order valence-corrected chi connectivity index (χ1v) is 11.5. The summed E-state index contributed by atoms with van der Waals surface area (Å²) in [4.78, 5) is 26.9. The van der Waals surface area contributed by atoms with Crippen LogP contribution < -0.4 is 20.3 Å². The monoisotopic (exact) mass is 469 g/mol. The van der Waals surface area contributed by atoms with Crippen LogP contribution in [-0.4, -0.2) is 22.4 Å². The zero-order valence-electron chi connectivity index (χ0n) is 20.2. The van der Waals surface area contributed by atoms with Gasteiger partial charge in [0.1, 0.15) is 6.54 Å². The number of aromatic nitrogens is 2. The van der Waals surface area contributed by atoms with Gasteiger partial charge in [-0.05, 0) is 50.1 Å². The van der Waals surface area contributed by atoms with Crippen molar-refractivity contribution in [2.45, 2.75) is 33.7 Å². The summed E-state index contributed by atoms with van der Waals surface area (Å²) in [5.41, 5.74) is 5.58. The van der Waals surface area contributed by atoms with Crippen molar-refractivity contribution in [3.05, 3.63) is 98.8 Å². The van der Waals surface area contributed by atoms with Crippen LogP contribution in [0.5, 0.6) is 17.4 Å². The molecule has 3 aromatic carbocycles. The number of carbonyl (C=O) groups excluding carboxylic acids is 1. The lowest BCUT2D eigenvalue weighted by atomic mass is 10.0. The van der Waals surface area contributed by atoms with E-state index in [1.807, 2.05) is 81.4 Å². The van der Waals surface area contributed by atoms with Crippen LogP contribution in [0, 0.1) is 20.8 Å². The normalized spacial score (nSPS) is 11.9. The smallest absolute Gasteiger partial charge is 0.278 e. The standard InChI is InChI=1S/C28H27N3O4/c1-17-12-13-23(19(3)14-17)31-27(33)21-15-20-9-7-11-24(34-4)26(20)35-28(21)30(31)16-25(32)29-22-10-6-5-8-18(22)2/h5-14H,15-16H2,1-4H3,(H,29,32). The lowest BCUT2D eigenvalue weighted by Crippen LogP contribution is -2.28. The average Bonchev–Trinajstić information content (AvgIpc) is 3.09. The maximum absolute atomic E-state index is 13.7. The number of hydrogen-bond acceptors (Lipinski definition) is 4. The van der Waals surface area contributed by atoms with E-state index in [1.165, 1.54) is 0 Å². The van der Waals surface area contributed by atoms with Gasteiger partial charge in [-0.2, -0.15) is 0 Å². The molecule has 7 heteroatoms. The molecular weight excluding hydrogens is 442 g/mol. The number of para-hydroxylation sites is 2. The lowest BCUT2D eigenvalue weighted by Gasteiger charge is -2.21. The molecule has 35 heavy (non-hydrogen) atoms. The van der Waals surface area contributed by atoms with Crippen LogP contribution in [0.2, 0.25) is 0 Å². The molecule has 0 aliphatic carbocycles. The van der Waals surface area contributed by atoms with E-state index in [2.05, 4.69) is 5.32 Å². The van der Waals surface area contributed by atoms with E-state index in [1.54, 1.807) is 16.5 Å². The fraction of sp³-hybridized carbons (Fsp3) is 0.214. The van der Waals surface area contributed by atoms with Crippen LogP contribution in [0.25, 0.3) is 5.69 Å². The SMILES string of the molecule is COc1cccc2c1Oc1c(c(=O)n(-c3ccc(C)cc3C)n1CC(=O)Nc1ccccc1C)C2.